The lowest BCUT2D eigenvalue weighted by Crippen LogP contribution is -2.14. The first kappa shape index (κ1) is 18.9. The molecule has 1 heterocycles. The van der Waals surface area contributed by atoms with Gasteiger partial charge in [-0.05, 0) is 62.6 Å². The molecule has 0 atom stereocenters. The van der Waals surface area contributed by atoms with E-state index in [0.717, 1.165) is 16.8 Å². The number of aryl methyl sites for hydroxylation is 4. The van der Waals surface area contributed by atoms with Crippen LogP contribution in [0.3, 0.4) is 0 Å². The van der Waals surface area contributed by atoms with Gasteiger partial charge >= 0.3 is 0 Å². The van der Waals surface area contributed by atoms with E-state index >= 15 is 0 Å². The van der Waals surface area contributed by atoms with E-state index in [0.29, 0.717) is 17.1 Å². The summed E-state index contributed by atoms with van der Waals surface area (Å²) in [5, 5.41) is 3.31. The largest absolute Gasteiger partial charge is 0.340 e. The fraction of sp³-hybridized carbons (Fsp3) is 0.190. The van der Waals surface area contributed by atoms with Crippen molar-refractivity contribution in [1.29, 1.82) is 0 Å². The van der Waals surface area contributed by atoms with Crippen LogP contribution in [0.5, 0.6) is 0 Å². The van der Waals surface area contributed by atoms with Gasteiger partial charge in [0.2, 0.25) is 0 Å². The molecule has 6 heteroatoms. The zero-order valence-electron chi connectivity index (χ0n) is 15.9. The highest BCUT2D eigenvalue weighted by Gasteiger charge is 2.16. The van der Waals surface area contributed by atoms with Crippen molar-refractivity contribution in [3.63, 3.8) is 0 Å². The van der Waals surface area contributed by atoms with E-state index in [9.17, 15) is 8.42 Å². The lowest BCUT2D eigenvalue weighted by molar-refractivity contribution is 0.600. The average Bonchev–Trinajstić information content (AvgIpc) is 2.59. The van der Waals surface area contributed by atoms with Crippen molar-refractivity contribution in [2.75, 3.05) is 10.0 Å². The van der Waals surface area contributed by atoms with E-state index in [-0.39, 0.29) is 4.90 Å². The number of nitrogens with one attached hydrogen (secondary N) is 2. The van der Waals surface area contributed by atoms with Crippen LogP contribution in [0.4, 0.5) is 17.2 Å². The quantitative estimate of drug-likeness (QED) is 0.662. The Morgan fingerprint density at radius 2 is 1.52 bits per heavy atom. The molecule has 0 spiro atoms. The first-order chi connectivity index (χ1) is 12.8. The third-order valence-electron chi connectivity index (χ3n) is 4.33. The van der Waals surface area contributed by atoms with Crippen LogP contribution in [0.25, 0.3) is 0 Å². The number of hydrogen-bond acceptors (Lipinski definition) is 4. The van der Waals surface area contributed by atoms with Crippen molar-refractivity contribution >= 4 is 27.2 Å². The van der Waals surface area contributed by atoms with Crippen molar-refractivity contribution in [3.8, 4) is 0 Å². The maximum Gasteiger partial charge on any atom is 0.262 e. The minimum Gasteiger partial charge on any atom is -0.340 e. The molecule has 0 saturated heterocycles. The van der Waals surface area contributed by atoms with Gasteiger partial charge in [0, 0.05) is 5.69 Å². The van der Waals surface area contributed by atoms with Crippen molar-refractivity contribution in [3.05, 3.63) is 77.0 Å². The third kappa shape index (κ3) is 4.28. The molecule has 2 N–H and O–H groups in total. The van der Waals surface area contributed by atoms with E-state index in [1.165, 1.54) is 11.8 Å². The molecular weight excluding hydrogens is 358 g/mol. The van der Waals surface area contributed by atoms with E-state index in [1.54, 1.807) is 37.3 Å². The van der Waals surface area contributed by atoms with Gasteiger partial charge in [0.25, 0.3) is 10.0 Å². The minimum absolute atomic E-state index is 0.262. The number of sulfonamides is 1. The van der Waals surface area contributed by atoms with Crippen LogP contribution in [0, 0.1) is 27.7 Å². The van der Waals surface area contributed by atoms with E-state index < -0.39 is 10.0 Å². The minimum atomic E-state index is -3.64. The number of nitrogens with zero attached hydrogens (tertiary/aromatic N) is 1. The molecule has 3 aromatic rings. The summed E-state index contributed by atoms with van der Waals surface area (Å²) in [5.41, 5.74) is 5.62. The van der Waals surface area contributed by atoms with Crippen LogP contribution in [0.15, 0.2) is 59.6 Å². The molecule has 0 aliphatic rings. The van der Waals surface area contributed by atoms with Crippen LogP contribution < -0.4 is 10.0 Å². The molecule has 3 rings (SSSR count). The highest BCUT2D eigenvalue weighted by atomic mass is 32.2. The van der Waals surface area contributed by atoms with Crippen molar-refractivity contribution in [2.24, 2.45) is 0 Å². The van der Waals surface area contributed by atoms with Gasteiger partial charge < -0.3 is 5.32 Å². The second-order valence-corrected chi connectivity index (χ2v) is 8.35. The fourth-order valence-corrected chi connectivity index (χ4v) is 4.39. The normalized spacial score (nSPS) is 11.3. The fourth-order valence-electron chi connectivity index (χ4n) is 3.10. The van der Waals surface area contributed by atoms with Gasteiger partial charge in [-0.15, -0.1) is 0 Å². The molecular formula is C21H23N3O2S. The molecule has 5 nitrogen and oxygen atoms in total. The number of pyridine rings is 1. The molecule has 27 heavy (non-hydrogen) atoms. The summed E-state index contributed by atoms with van der Waals surface area (Å²) < 4.78 is 27.7. The molecule has 0 amide bonds. The first-order valence-electron chi connectivity index (χ1n) is 8.65. The molecule has 0 aliphatic carbocycles. The monoisotopic (exact) mass is 381 g/mol. The Balaban J connectivity index is 1.79. The van der Waals surface area contributed by atoms with Gasteiger partial charge in [-0.2, -0.15) is 0 Å². The zero-order valence-corrected chi connectivity index (χ0v) is 16.7. The number of rotatable bonds is 5. The van der Waals surface area contributed by atoms with E-state index in [1.807, 2.05) is 19.9 Å². The summed E-state index contributed by atoms with van der Waals surface area (Å²) in [6.07, 6.45) is 1.51. The summed E-state index contributed by atoms with van der Waals surface area (Å²) >= 11 is 0. The van der Waals surface area contributed by atoms with Crippen molar-refractivity contribution < 1.29 is 8.42 Å². The molecule has 140 valence electrons. The standard InChI is InChI=1S/C21H23N3O2S/c1-14-11-16(3)21(17(4)12-14)23-20-10-9-18(13-22-20)24-27(25,26)19-8-6-5-7-15(19)2/h5-13,24H,1-4H3,(H,22,23). The zero-order chi connectivity index (χ0) is 19.6. The Morgan fingerprint density at radius 1 is 0.852 bits per heavy atom. The van der Waals surface area contributed by atoms with Gasteiger partial charge in [-0.3, -0.25) is 4.72 Å². The molecule has 0 unspecified atom stereocenters. The molecule has 1 aromatic heterocycles. The van der Waals surface area contributed by atoms with Crippen LogP contribution in [-0.2, 0) is 10.0 Å². The first-order valence-corrected chi connectivity index (χ1v) is 10.1. The second kappa shape index (κ2) is 7.40. The Bertz CT molecular complexity index is 1050. The smallest absolute Gasteiger partial charge is 0.262 e. The number of aromatic nitrogens is 1. The Labute approximate surface area is 160 Å². The summed E-state index contributed by atoms with van der Waals surface area (Å²) in [4.78, 5) is 4.60. The summed E-state index contributed by atoms with van der Waals surface area (Å²) in [7, 11) is -3.64. The van der Waals surface area contributed by atoms with Crippen LogP contribution in [0.2, 0.25) is 0 Å². The lowest BCUT2D eigenvalue weighted by atomic mass is 10.1. The molecule has 0 fully saturated rings. The second-order valence-electron chi connectivity index (χ2n) is 6.70. The van der Waals surface area contributed by atoms with Crippen LogP contribution in [-0.4, -0.2) is 13.4 Å². The van der Waals surface area contributed by atoms with Crippen molar-refractivity contribution in [2.45, 2.75) is 32.6 Å². The maximum atomic E-state index is 12.6. The lowest BCUT2D eigenvalue weighted by Gasteiger charge is -2.14. The highest BCUT2D eigenvalue weighted by molar-refractivity contribution is 7.92. The molecule has 2 aromatic carbocycles. The third-order valence-corrected chi connectivity index (χ3v) is 5.87. The summed E-state index contributed by atoms with van der Waals surface area (Å²) in [6.45, 7) is 7.93. The van der Waals surface area contributed by atoms with Gasteiger partial charge in [0.05, 0.1) is 16.8 Å². The number of hydrogen-bond donors (Lipinski definition) is 2. The van der Waals surface area contributed by atoms with Gasteiger partial charge in [-0.1, -0.05) is 35.9 Å². The molecule has 0 saturated carbocycles. The van der Waals surface area contributed by atoms with Crippen LogP contribution >= 0.6 is 0 Å². The summed E-state index contributed by atoms with van der Waals surface area (Å²) in [6, 6.07) is 14.6. The van der Waals surface area contributed by atoms with E-state index in [4.69, 9.17) is 0 Å². The predicted octanol–water partition coefficient (Wildman–Crippen LogP) is 4.86. The maximum absolute atomic E-state index is 12.6. The molecule has 0 radical (unpaired) electrons. The van der Waals surface area contributed by atoms with Gasteiger partial charge in [0.1, 0.15) is 5.82 Å². The molecule has 0 aliphatic heterocycles. The predicted molar refractivity (Wildman–Crippen MR) is 110 cm³/mol. The SMILES string of the molecule is Cc1cc(C)c(Nc2ccc(NS(=O)(=O)c3ccccc3C)cn2)c(C)c1. The van der Waals surface area contributed by atoms with Gasteiger partial charge in [0.15, 0.2) is 0 Å². The average molecular weight is 382 g/mol. The Hall–Kier alpha value is -2.86. The number of anilines is 3. The highest BCUT2D eigenvalue weighted by Crippen LogP contribution is 2.26. The van der Waals surface area contributed by atoms with E-state index in [2.05, 4.69) is 34.1 Å². The topological polar surface area (TPSA) is 71.1 Å². The molecule has 0 bridgehead atoms. The number of benzene rings is 2. The van der Waals surface area contributed by atoms with Crippen LogP contribution in [0.1, 0.15) is 22.3 Å². The Morgan fingerprint density at radius 3 is 2.11 bits per heavy atom. The summed E-state index contributed by atoms with van der Waals surface area (Å²) in [5.74, 6) is 0.656. The Kier molecular flexibility index (Phi) is 5.19. The van der Waals surface area contributed by atoms with Crippen molar-refractivity contribution in [1.82, 2.24) is 4.98 Å². The van der Waals surface area contributed by atoms with Gasteiger partial charge in [-0.25, -0.2) is 13.4 Å².